The molecule has 0 fully saturated rings. The van der Waals surface area contributed by atoms with Crippen LogP contribution in [0.5, 0.6) is 0 Å². The van der Waals surface area contributed by atoms with Crippen molar-refractivity contribution in [3.63, 3.8) is 0 Å². The Labute approximate surface area is 131 Å². The van der Waals surface area contributed by atoms with Crippen LogP contribution in [0, 0.1) is 0 Å². The summed E-state index contributed by atoms with van der Waals surface area (Å²) in [6, 6.07) is 9.38. The first-order valence-corrected chi connectivity index (χ1v) is 6.72. The fourth-order valence-corrected chi connectivity index (χ4v) is 2.14. The normalized spacial score (nSPS) is 10.0. The number of pyridine rings is 1. The van der Waals surface area contributed by atoms with Gasteiger partial charge in [0, 0.05) is 23.9 Å². The van der Waals surface area contributed by atoms with Gasteiger partial charge in [-0.05, 0) is 30.3 Å². The van der Waals surface area contributed by atoms with Crippen molar-refractivity contribution in [2.75, 3.05) is 12.4 Å². The summed E-state index contributed by atoms with van der Waals surface area (Å²) in [5, 5.41) is 5.44. The van der Waals surface area contributed by atoms with Crippen LogP contribution in [0.2, 0.25) is 10.3 Å². The fraction of sp³-hybridized carbons (Fsp3) is 0.0714. The number of halogens is 2. The Balaban J connectivity index is 2.21. The number of benzene rings is 1. The number of nitrogens with one attached hydrogen (secondary N) is 2. The maximum absolute atomic E-state index is 12.1. The zero-order valence-electron chi connectivity index (χ0n) is 11.0. The summed E-state index contributed by atoms with van der Waals surface area (Å²) in [7, 11) is 1.54. The highest BCUT2D eigenvalue weighted by atomic mass is 35.5. The monoisotopic (exact) mass is 323 g/mol. The van der Waals surface area contributed by atoms with Gasteiger partial charge in [-0.15, -0.1) is 0 Å². The maximum atomic E-state index is 12.1. The first-order valence-electron chi connectivity index (χ1n) is 5.96. The Kier molecular flexibility index (Phi) is 4.77. The van der Waals surface area contributed by atoms with Gasteiger partial charge in [0.15, 0.2) is 0 Å². The number of carbonyl (C=O) groups is 2. The van der Waals surface area contributed by atoms with Gasteiger partial charge in [-0.25, -0.2) is 4.98 Å². The molecule has 0 radical (unpaired) electrons. The van der Waals surface area contributed by atoms with Crippen molar-refractivity contribution >= 4 is 40.7 Å². The average Bonchev–Trinajstić information content (AvgIpc) is 2.45. The van der Waals surface area contributed by atoms with Crippen molar-refractivity contribution in [1.29, 1.82) is 0 Å². The van der Waals surface area contributed by atoms with Gasteiger partial charge in [0.25, 0.3) is 11.8 Å². The van der Waals surface area contributed by atoms with Gasteiger partial charge in [0.1, 0.15) is 10.3 Å². The lowest BCUT2D eigenvalue weighted by Gasteiger charge is -2.07. The molecule has 2 amide bonds. The molecule has 7 heteroatoms. The number of hydrogen-bond donors (Lipinski definition) is 2. The molecule has 0 saturated carbocycles. The van der Waals surface area contributed by atoms with Crippen LogP contribution in [0.4, 0.5) is 5.69 Å². The third-order valence-corrected chi connectivity index (χ3v) is 3.02. The molecule has 108 valence electrons. The van der Waals surface area contributed by atoms with Crippen molar-refractivity contribution in [2.24, 2.45) is 0 Å². The molecule has 0 saturated heterocycles. The van der Waals surface area contributed by atoms with Crippen LogP contribution in [0.3, 0.4) is 0 Å². The smallest absolute Gasteiger partial charge is 0.255 e. The van der Waals surface area contributed by atoms with E-state index in [9.17, 15) is 9.59 Å². The Bertz CT molecular complexity index is 684. The van der Waals surface area contributed by atoms with E-state index in [0.29, 0.717) is 11.3 Å². The highest BCUT2D eigenvalue weighted by Gasteiger charge is 2.10. The number of hydrogen-bond acceptors (Lipinski definition) is 3. The molecular weight excluding hydrogens is 313 g/mol. The molecule has 1 heterocycles. The molecule has 0 aliphatic heterocycles. The van der Waals surface area contributed by atoms with Gasteiger partial charge < -0.3 is 10.6 Å². The van der Waals surface area contributed by atoms with Crippen molar-refractivity contribution < 1.29 is 9.59 Å². The molecule has 0 aliphatic carbocycles. The van der Waals surface area contributed by atoms with Crippen LogP contribution in [0.25, 0.3) is 0 Å². The minimum atomic E-state index is -0.393. The second kappa shape index (κ2) is 6.56. The molecular formula is C14H11Cl2N3O2. The number of rotatable bonds is 3. The Morgan fingerprint density at radius 2 is 1.67 bits per heavy atom. The van der Waals surface area contributed by atoms with Crippen LogP contribution in [0.1, 0.15) is 20.7 Å². The average molecular weight is 324 g/mol. The molecule has 0 bridgehead atoms. The first-order chi connectivity index (χ1) is 9.99. The quantitative estimate of drug-likeness (QED) is 0.853. The van der Waals surface area contributed by atoms with Gasteiger partial charge >= 0.3 is 0 Å². The summed E-state index contributed by atoms with van der Waals surface area (Å²) in [6.07, 6.45) is 0. The lowest BCUT2D eigenvalue weighted by atomic mass is 10.1. The standard InChI is InChI=1S/C14H11Cl2N3O2/c1-17-13(20)8-3-2-4-10(5-8)18-14(21)9-6-11(15)19-12(16)7-9/h2-7H,1H3,(H,17,20)(H,18,21). The predicted molar refractivity (Wildman–Crippen MR) is 82.0 cm³/mol. The number of aromatic nitrogens is 1. The van der Waals surface area contributed by atoms with E-state index in [1.54, 1.807) is 24.3 Å². The van der Waals surface area contributed by atoms with E-state index in [4.69, 9.17) is 23.2 Å². The number of anilines is 1. The van der Waals surface area contributed by atoms with E-state index in [1.807, 2.05) is 0 Å². The summed E-state index contributed by atoms with van der Waals surface area (Å²) in [4.78, 5) is 27.4. The maximum Gasteiger partial charge on any atom is 0.255 e. The third-order valence-electron chi connectivity index (χ3n) is 2.63. The first kappa shape index (κ1) is 15.3. The van der Waals surface area contributed by atoms with E-state index >= 15 is 0 Å². The lowest BCUT2D eigenvalue weighted by molar-refractivity contribution is 0.0961. The van der Waals surface area contributed by atoms with E-state index in [0.717, 1.165) is 0 Å². The summed E-state index contributed by atoms with van der Waals surface area (Å²) in [6.45, 7) is 0. The lowest BCUT2D eigenvalue weighted by Crippen LogP contribution is -2.18. The predicted octanol–water partition coefficient (Wildman–Crippen LogP) is 3.00. The number of amides is 2. The molecule has 5 nitrogen and oxygen atoms in total. The van der Waals surface area contributed by atoms with Gasteiger partial charge in [0.2, 0.25) is 0 Å². The highest BCUT2D eigenvalue weighted by molar-refractivity contribution is 6.33. The zero-order valence-corrected chi connectivity index (χ0v) is 12.5. The van der Waals surface area contributed by atoms with Crippen molar-refractivity contribution in [1.82, 2.24) is 10.3 Å². The van der Waals surface area contributed by atoms with E-state index in [2.05, 4.69) is 15.6 Å². The summed E-state index contributed by atoms with van der Waals surface area (Å²) >= 11 is 11.5. The fourth-order valence-electron chi connectivity index (χ4n) is 1.68. The minimum Gasteiger partial charge on any atom is -0.355 e. The molecule has 2 aromatic rings. The Morgan fingerprint density at radius 1 is 1.00 bits per heavy atom. The minimum absolute atomic E-state index is 0.131. The topological polar surface area (TPSA) is 71.1 Å². The second-order valence-corrected chi connectivity index (χ2v) is 4.89. The molecule has 0 atom stereocenters. The summed E-state index contributed by atoms with van der Waals surface area (Å²) < 4.78 is 0. The van der Waals surface area contributed by atoms with E-state index in [-0.39, 0.29) is 21.8 Å². The Morgan fingerprint density at radius 3 is 2.29 bits per heavy atom. The second-order valence-electron chi connectivity index (χ2n) is 4.12. The molecule has 0 spiro atoms. The zero-order chi connectivity index (χ0) is 15.4. The van der Waals surface area contributed by atoms with E-state index in [1.165, 1.54) is 19.2 Å². The number of nitrogens with zero attached hydrogens (tertiary/aromatic N) is 1. The van der Waals surface area contributed by atoms with Crippen LogP contribution >= 0.6 is 23.2 Å². The van der Waals surface area contributed by atoms with Crippen molar-refractivity contribution in [3.8, 4) is 0 Å². The SMILES string of the molecule is CNC(=O)c1cccc(NC(=O)c2cc(Cl)nc(Cl)c2)c1. The van der Waals surface area contributed by atoms with Gasteiger partial charge in [-0.3, -0.25) is 9.59 Å². The van der Waals surface area contributed by atoms with Gasteiger partial charge in [-0.2, -0.15) is 0 Å². The van der Waals surface area contributed by atoms with E-state index < -0.39 is 5.91 Å². The van der Waals surface area contributed by atoms with Crippen LogP contribution < -0.4 is 10.6 Å². The largest absolute Gasteiger partial charge is 0.355 e. The van der Waals surface area contributed by atoms with Gasteiger partial charge in [-0.1, -0.05) is 29.3 Å². The highest BCUT2D eigenvalue weighted by Crippen LogP contribution is 2.17. The van der Waals surface area contributed by atoms with Crippen LogP contribution in [0.15, 0.2) is 36.4 Å². The Hall–Kier alpha value is -2.11. The van der Waals surface area contributed by atoms with Crippen molar-refractivity contribution in [2.45, 2.75) is 0 Å². The molecule has 21 heavy (non-hydrogen) atoms. The summed E-state index contributed by atoms with van der Waals surface area (Å²) in [5.74, 6) is -0.628. The van der Waals surface area contributed by atoms with Crippen LogP contribution in [-0.4, -0.2) is 23.8 Å². The molecule has 0 aliphatic rings. The molecule has 0 unspecified atom stereocenters. The molecule has 2 N–H and O–H groups in total. The van der Waals surface area contributed by atoms with Crippen molar-refractivity contribution in [3.05, 3.63) is 57.8 Å². The molecule has 2 rings (SSSR count). The third kappa shape index (κ3) is 3.93. The molecule has 1 aromatic carbocycles. The van der Waals surface area contributed by atoms with Crippen LogP contribution in [-0.2, 0) is 0 Å². The molecule has 1 aromatic heterocycles. The summed E-state index contributed by atoms with van der Waals surface area (Å²) in [5.41, 5.74) is 1.22. The van der Waals surface area contributed by atoms with Gasteiger partial charge in [0.05, 0.1) is 0 Å². The number of carbonyl (C=O) groups excluding carboxylic acids is 2.